The Bertz CT molecular complexity index is 1030. The minimum atomic E-state index is -0.779. The fourth-order valence-corrected chi connectivity index (χ4v) is 4.83. The van der Waals surface area contributed by atoms with Crippen molar-refractivity contribution < 1.29 is 13.2 Å². The molecule has 2 aliphatic rings. The SMILES string of the molecule is CCC1C=C(F)C(c2ccc(/C=C/c3ccc(C4CCC(C)CC4)c(F)c3F)cc2)=CC1. The molecule has 2 aliphatic carbocycles. The molecule has 0 aliphatic heterocycles. The first-order chi connectivity index (χ1) is 15.5. The predicted molar refractivity (Wildman–Crippen MR) is 128 cm³/mol. The summed E-state index contributed by atoms with van der Waals surface area (Å²) in [6.07, 6.45) is 12.8. The Morgan fingerprint density at radius 3 is 2.25 bits per heavy atom. The molecule has 0 heterocycles. The van der Waals surface area contributed by atoms with Crippen molar-refractivity contribution in [3.63, 3.8) is 0 Å². The molecule has 1 saturated carbocycles. The molecule has 0 nitrogen and oxygen atoms in total. The number of benzene rings is 2. The van der Waals surface area contributed by atoms with Crippen LogP contribution in [0.5, 0.6) is 0 Å². The highest BCUT2D eigenvalue weighted by molar-refractivity contribution is 5.79. The van der Waals surface area contributed by atoms with E-state index in [1.165, 1.54) is 0 Å². The molecule has 2 aromatic rings. The quantitative estimate of drug-likeness (QED) is 0.410. The highest BCUT2D eigenvalue weighted by atomic mass is 19.2. The van der Waals surface area contributed by atoms with Gasteiger partial charge in [0.1, 0.15) is 5.83 Å². The standard InChI is InChI=1S/C29H31F3/c1-3-20-9-16-25(27(30)18-20)22-12-6-21(7-13-22)8-14-24-15-17-26(29(32)28(24)31)23-10-4-19(2)5-11-23/h6-8,12-20,23H,3-5,9-11H2,1-2H3/b14-8+. The van der Waals surface area contributed by atoms with Gasteiger partial charge in [0, 0.05) is 11.1 Å². The first kappa shape index (κ1) is 22.6. The molecule has 4 rings (SSSR count). The van der Waals surface area contributed by atoms with Crippen LogP contribution in [-0.4, -0.2) is 0 Å². The Labute approximate surface area is 189 Å². The van der Waals surface area contributed by atoms with Crippen LogP contribution in [0.3, 0.4) is 0 Å². The summed E-state index contributed by atoms with van der Waals surface area (Å²) in [5.74, 6) is -0.607. The van der Waals surface area contributed by atoms with E-state index in [9.17, 15) is 13.2 Å². The maximum Gasteiger partial charge on any atom is 0.166 e. The van der Waals surface area contributed by atoms with Crippen molar-refractivity contribution in [1.82, 2.24) is 0 Å². The van der Waals surface area contributed by atoms with Crippen molar-refractivity contribution >= 4 is 17.7 Å². The number of allylic oxidation sites excluding steroid dienone is 4. The molecule has 0 amide bonds. The molecule has 0 radical (unpaired) electrons. The second kappa shape index (κ2) is 9.94. The molecule has 2 aromatic carbocycles. The van der Waals surface area contributed by atoms with Gasteiger partial charge in [0.15, 0.2) is 11.6 Å². The van der Waals surface area contributed by atoms with Crippen LogP contribution in [-0.2, 0) is 0 Å². The third-order valence-electron chi connectivity index (χ3n) is 7.06. The monoisotopic (exact) mass is 436 g/mol. The van der Waals surface area contributed by atoms with E-state index in [-0.39, 0.29) is 23.2 Å². The van der Waals surface area contributed by atoms with Crippen LogP contribution in [0.25, 0.3) is 17.7 Å². The van der Waals surface area contributed by atoms with Gasteiger partial charge in [-0.05, 0) is 66.2 Å². The smallest absolute Gasteiger partial charge is 0.166 e. The van der Waals surface area contributed by atoms with Gasteiger partial charge in [0.05, 0.1) is 0 Å². The van der Waals surface area contributed by atoms with E-state index in [1.807, 2.05) is 30.3 Å². The Morgan fingerprint density at radius 2 is 1.59 bits per heavy atom. The molecule has 32 heavy (non-hydrogen) atoms. The van der Waals surface area contributed by atoms with Gasteiger partial charge in [0.25, 0.3) is 0 Å². The minimum Gasteiger partial charge on any atom is -0.207 e. The summed E-state index contributed by atoms with van der Waals surface area (Å²) in [6.45, 7) is 4.28. The van der Waals surface area contributed by atoms with Crippen LogP contribution >= 0.6 is 0 Å². The first-order valence-corrected chi connectivity index (χ1v) is 11.8. The Hall–Kier alpha value is -2.55. The van der Waals surface area contributed by atoms with Crippen molar-refractivity contribution in [2.45, 2.75) is 58.3 Å². The summed E-state index contributed by atoms with van der Waals surface area (Å²) in [5, 5.41) is 0. The van der Waals surface area contributed by atoms with E-state index in [4.69, 9.17) is 0 Å². The Morgan fingerprint density at radius 1 is 0.875 bits per heavy atom. The fourth-order valence-electron chi connectivity index (χ4n) is 4.83. The lowest BCUT2D eigenvalue weighted by atomic mass is 9.79. The summed E-state index contributed by atoms with van der Waals surface area (Å²) in [6, 6.07) is 10.9. The van der Waals surface area contributed by atoms with Gasteiger partial charge in [0.2, 0.25) is 0 Å². The van der Waals surface area contributed by atoms with Gasteiger partial charge in [-0.1, -0.05) is 81.3 Å². The van der Waals surface area contributed by atoms with E-state index < -0.39 is 11.6 Å². The van der Waals surface area contributed by atoms with Crippen molar-refractivity contribution in [2.75, 3.05) is 0 Å². The Balaban J connectivity index is 1.47. The minimum absolute atomic E-state index is 0.113. The van der Waals surface area contributed by atoms with Crippen LogP contribution < -0.4 is 0 Å². The van der Waals surface area contributed by atoms with Gasteiger partial charge in [-0.15, -0.1) is 0 Å². The van der Waals surface area contributed by atoms with E-state index >= 15 is 0 Å². The van der Waals surface area contributed by atoms with Gasteiger partial charge < -0.3 is 0 Å². The predicted octanol–water partition coefficient (Wildman–Crippen LogP) is 9.10. The molecular weight excluding hydrogens is 405 g/mol. The zero-order valence-electron chi connectivity index (χ0n) is 18.9. The molecule has 0 bridgehead atoms. The van der Waals surface area contributed by atoms with Crippen LogP contribution in [0.15, 0.2) is 54.4 Å². The molecule has 0 spiro atoms. The summed E-state index contributed by atoms with van der Waals surface area (Å²) in [5.41, 5.74) is 3.07. The first-order valence-electron chi connectivity index (χ1n) is 11.8. The molecule has 0 aromatic heterocycles. The maximum absolute atomic E-state index is 14.8. The topological polar surface area (TPSA) is 0 Å². The number of hydrogen-bond donors (Lipinski definition) is 0. The van der Waals surface area contributed by atoms with Gasteiger partial charge in [-0.2, -0.15) is 0 Å². The molecule has 1 unspecified atom stereocenters. The van der Waals surface area contributed by atoms with Crippen molar-refractivity contribution in [3.05, 3.63) is 88.3 Å². The van der Waals surface area contributed by atoms with E-state index in [0.717, 1.165) is 49.7 Å². The largest absolute Gasteiger partial charge is 0.207 e. The third-order valence-corrected chi connectivity index (χ3v) is 7.06. The molecular formula is C29H31F3. The summed E-state index contributed by atoms with van der Waals surface area (Å²) < 4.78 is 43.9. The number of rotatable bonds is 5. The van der Waals surface area contributed by atoms with E-state index in [1.54, 1.807) is 30.4 Å². The lowest BCUT2D eigenvalue weighted by Crippen LogP contribution is -2.13. The zero-order valence-corrected chi connectivity index (χ0v) is 18.9. The molecule has 0 N–H and O–H groups in total. The highest BCUT2D eigenvalue weighted by Crippen LogP contribution is 2.38. The molecule has 1 atom stereocenters. The molecule has 168 valence electrons. The van der Waals surface area contributed by atoms with Gasteiger partial charge >= 0.3 is 0 Å². The fraction of sp³-hybridized carbons (Fsp3) is 0.379. The van der Waals surface area contributed by atoms with Crippen LogP contribution in [0, 0.1) is 23.5 Å². The van der Waals surface area contributed by atoms with E-state index in [2.05, 4.69) is 13.8 Å². The van der Waals surface area contributed by atoms with Gasteiger partial charge in [-0.25, -0.2) is 13.2 Å². The van der Waals surface area contributed by atoms with Crippen LogP contribution in [0.2, 0.25) is 0 Å². The molecule has 1 fully saturated rings. The van der Waals surface area contributed by atoms with Crippen molar-refractivity contribution in [2.24, 2.45) is 11.8 Å². The number of halogens is 3. The average Bonchev–Trinajstić information content (AvgIpc) is 2.81. The Kier molecular flexibility index (Phi) is 7.03. The summed E-state index contributed by atoms with van der Waals surface area (Å²) >= 11 is 0. The molecule has 3 heteroatoms. The highest BCUT2D eigenvalue weighted by Gasteiger charge is 2.24. The average molecular weight is 437 g/mol. The lowest BCUT2D eigenvalue weighted by molar-refractivity contribution is 0.339. The number of hydrogen-bond acceptors (Lipinski definition) is 0. The molecule has 0 saturated heterocycles. The van der Waals surface area contributed by atoms with Gasteiger partial charge in [-0.3, -0.25) is 0 Å². The second-order valence-electron chi connectivity index (χ2n) is 9.32. The maximum atomic E-state index is 14.8. The third kappa shape index (κ3) is 4.92. The van der Waals surface area contributed by atoms with Crippen molar-refractivity contribution in [3.8, 4) is 0 Å². The normalized spacial score (nSPS) is 23.8. The summed E-state index contributed by atoms with van der Waals surface area (Å²) in [4.78, 5) is 0. The summed E-state index contributed by atoms with van der Waals surface area (Å²) in [7, 11) is 0. The zero-order chi connectivity index (χ0) is 22.7. The van der Waals surface area contributed by atoms with E-state index in [0.29, 0.717) is 17.1 Å². The lowest BCUT2D eigenvalue weighted by Gasteiger charge is -2.27. The van der Waals surface area contributed by atoms with Crippen molar-refractivity contribution in [1.29, 1.82) is 0 Å². The van der Waals surface area contributed by atoms with Crippen LogP contribution in [0.1, 0.15) is 80.5 Å². The second-order valence-corrected chi connectivity index (χ2v) is 9.32. The van der Waals surface area contributed by atoms with Crippen LogP contribution in [0.4, 0.5) is 13.2 Å².